The number of rotatable bonds is 5. The largest absolute Gasteiger partial charge is 0.493 e. The molecule has 0 radical (unpaired) electrons. The number of hydrogen-bond donors (Lipinski definition) is 1. The molecule has 4 rings (SSSR count). The first-order chi connectivity index (χ1) is 11.6. The second-order valence-corrected chi connectivity index (χ2v) is 7.92. The van der Waals surface area contributed by atoms with Gasteiger partial charge in [0, 0.05) is 50.1 Å². The molecule has 1 aromatic rings. The molecular formula is C16H22N2O5S. The third-order valence-electron chi connectivity index (χ3n) is 4.69. The van der Waals surface area contributed by atoms with Crippen LogP contribution >= 0.6 is 0 Å². The van der Waals surface area contributed by atoms with Crippen LogP contribution in [0.2, 0.25) is 0 Å². The standard InChI is InChI=1S/C16H22N2O5S/c19-24(20,17-3-4-18-5-9-21-10-6-18)16-13-2-8-22-14(13)11-12-1-7-23-15(12)16/h11,17H,1-10H2. The summed E-state index contributed by atoms with van der Waals surface area (Å²) in [6.45, 7) is 5.20. The summed E-state index contributed by atoms with van der Waals surface area (Å²) in [6.07, 6.45) is 1.33. The predicted octanol–water partition coefficient (Wildman–Crippen LogP) is 0.167. The number of ether oxygens (including phenoxy) is 3. The Labute approximate surface area is 141 Å². The molecule has 3 aliphatic rings. The number of sulfonamides is 1. The molecule has 0 bridgehead atoms. The van der Waals surface area contributed by atoms with Crippen LogP contribution in [0.5, 0.6) is 11.5 Å². The number of benzene rings is 1. The van der Waals surface area contributed by atoms with E-state index in [0.717, 1.165) is 30.6 Å². The van der Waals surface area contributed by atoms with E-state index >= 15 is 0 Å². The molecule has 3 heterocycles. The van der Waals surface area contributed by atoms with Crippen LogP contribution in [0.15, 0.2) is 11.0 Å². The fourth-order valence-electron chi connectivity index (χ4n) is 3.46. The van der Waals surface area contributed by atoms with Crippen molar-refractivity contribution in [3.05, 3.63) is 17.2 Å². The van der Waals surface area contributed by atoms with Gasteiger partial charge in [0.15, 0.2) is 0 Å². The lowest BCUT2D eigenvalue weighted by molar-refractivity contribution is 0.0390. The van der Waals surface area contributed by atoms with Crippen molar-refractivity contribution >= 4 is 10.0 Å². The Hall–Kier alpha value is -1.35. The molecule has 0 unspecified atom stereocenters. The lowest BCUT2D eigenvalue weighted by atomic mass is 10.1. The molecular weight excluding hydrogens is 332 g/mol. The van der Waals surface area contributed by atoms with Crippen molar-refractivity contribution in [3.8, 4) is 11.5 Å². The Morgan fingerprint density at radius 2 is 1.88 bits per heavy atom. The summed E-state index contributed by atoms with van der Waals surface area (Å²) in [5, 5.41) is 0. The summed E-state index contributed by atoms with van der Waals surface area (Å²) in [4.78, 5) is 2.48. The highest BCUT2D eigenvalue weighted by molar-refractivity contribution is 7.89. The normalized spacial score (nSPS) is 20.3. The number of nitrogens with zero attached hydrogens (tertiary/aromatic N) is 1. The summed E-state index contributed by atoms with van der Waals surface area (Å²) < 4.78 is 45.1. The second-order valence-electron chi connectivity index (χ2n) is 6.22. The van der Waals surface area contributed by atoms with Gasteiger partial charge in [-0.2, -0.15) is 0 Å². The van der Waals surface area contributed by atoms with Crippen LogP contribution in [0, 0.1) is 0 Å². The van der Waals surface area contributed by atoms with Crippen LogP contribution < -0.4 is 14.2 Å². The monoisotopic (exact) mass is 354 g/mol. The molecule has 0 aromatic heterocycles. The van der Waals surface area contributed by atoms with Gasteiger partial charge in [-0.3, -0.25) is 4.90 Å². The average Bonchev–Trinajstić information content (AvgIpc) is 3.21. The first kappa shape index (κ1) is 16.1. The van der Waals surface area contributed by atoms with Crippen molar-refractivity contribution in [1.29, 1.82) is 0 Å². The van der Waals surface area contributed by atoms with Crippen LogP contribution in [0.25, 0.3) is 0 Å². The van der Waals surface area contributed by atoms with Crippen LogP contribution in [-0.4, -0.2) is 65.9 Å². The Bertz CT molecular complexity index is 696. The minimum atomic E-state index is -3.62. The van der Waals surface area contributed by atoms with Crippen molar-refractivity contribution < 1.29 is 22.6 Å². The summed E-state index contributed by atoms with van der Waals surface area (Å²) in [7, 11) is -3.62. The van der Waals surface area contributed by atoms with Crippen molar-refractivity contribution in [3.63, 3.8) is 0 Å². The first-order valence-corrected chi connectivity index (χ1v) is 9.87. The Morgan fingerprint density at radius 3 is 2.71 bits per heavy atom. The number of fused-ring (bicyclic) bond motifs is 2. The maximum atomic E-state index is 12.9. The fourth-order valence-corrected chi connectivity index (χ4v) is 4.93. The lowest BCUT2D eigenvalue weighted by Crippen LogP contribution is -2.41. The number of morpholine rings is 1. The van der Waals surface area contributed by atoms with Gasteiger partial charge in [-0.05, 0) is 6.07 Å². The zero-order valence-electron chi connectivity index (χ0n) is 13.5. The third kappa shape index (κ3) is 2.99. The highest BCUT2D eigenvalue weighted by Crippen LogP contribution is 2.42. The topological polar surface area (TPSA) is 77.1 Å². The molecule has 1 aromatic carbocycles. The SMILES string of the molecule is O=S(=O)(NCCN1CCOCC1)c1c2c(cc3c1OCC3)OCC2. The van der Waals surface area contributed by atoms with Crippen molar-refractivity contribution in [2.45, 2.75) is 17.7 Å². The first-order valence-electron chi connectivity index (χ1n) is 8.39. The fraction of sp³-hybridized carbons (Fsp3) is 0.625. The van der Waals surface area contributed by atoms with E-state index in [0.29, 0.717) is 57.4 Å². The Kier molecular flexibility index (Phi) is 4.38. The number of hydrogen-bond acceptors (Lipinski definition) is 6. The van der Waals surface area contributed by atoms with Crippen LogP contribution in [-0.2, 0) is 27.6 Å². The Morgan fingerprint density at radius 1 is 1.08 bits per heavy atom. The average molecular weight is 354 g/mol. The van der Waals surface area contributed by atoms with E-state index in [9.17, 15) is 8.42 Å². The van der Waals surface area contributed by atoms with Gasteiger partial charge < -0.3 is 14.2 Å². The van der Waals surface area contributed by atoms with E-state index in [2.05, 4.69) is 9.62 Å². The summed E-state index contributed by atoms with van der Waals surface area (Å²) in [6, 6.07) is 1.93. The van der Waals surface area contributed by atoms with Gasteiger partial charge >= 0.3 is 0 Å². The molecule has 3 aliphatic heterocycles. The molecule has 0 spiro atoms. The summed E-state index contributed by atoms with van der Waals surface area (Å²) in [5.41, 5.74) is 1.67. The maximum Gasteiger partial charge on any atom is 0.244 e. The maximum absolute atomic E-state index is 12.9. The molecule has 1 fully saturated rings. The van der Waals surface area contributed by atoms with Gasteiger partial charge in [0.1, 0.15) is 16.4 Å². The van der Waals surface area contributed by atoms with E-state index in [1.54, 1.807) is 0 Å². The van der Waals surface area contributed by atoms with Crippen LogP contribution in [0.3, 0.4) is 0 Å². The van der Waals surface area contributed by atoms with Crippen LogP contribution in [0.1, 0.15) is 11.1 Å². The van der Waals surface area contributed by atoms with Crippen molar-refractivity contribution in [1.82, 2.24) is 9.62 Å². The lowest BCUT2D eigenvalue weighted by Gasteiger charge is -2.26. The van der Waals surface area contributed by atoms with E-state index in [-0.39, 0.29) is 4.90 Å². The zero-order chi connectivity index (χ0) is 16.6. The zero-order valence-corrected chi connectivity index (χ0v) is 14.4. The van der Waals surface area contributed by atoms with Gasteiger partial charge in [0.25, 0.3) is 0 Å². The molecule has 0 aliphatic carbocycles. The Balaban J connectivity index is 1.54. The summed E-state index contributed by atoms with van der Waals surface area (Å²) >= 11 is 0. The number of nitrogens with one attached hydrogen (secondary N) is 1. The van der Waals surface area contributed by atoms with Gasteiger partial charge in [-0.1, -0.05) is 0 Å². The quantitative estimate of drug-likeness (QED) is 0.812. The third-order valence-corrected chi connectivity index (χ3v) is 6.25. The second kappa shape index (κ2) is 6.51. The van der Waals surface area contributed by atoms with E-state index in [4.69, 9.17) is 14.2 Å². The molecule has 0 atom stereocenters. The minimum absolute atomic E-state index is 0.284. The van der Waals surface area contributed by atoms with Gasteiger partial charge in [0.05, 0.1) is 26.4 Å². The molecule has 0 amide bonds. The van der Waals surface area contributed by atoms with Crippen LogP contribution in [0.4, 0.5) is 0 Å². The highest BCUT2D eigenvalue weighted by atomic mass is 32.2. The van der Waals surface area contributed by atoms with E-state index in [1.165, 1.54) is 0 Å². The molecule has 0 saturated carbocycles. The van der Waals surface area contributed by atoms with E-state index in [1.807, 2.05) is 6.07 Å². The van der Waals surface area contributed by atoms with Gasteiger partial charge in [-0.25, -0.2) is 13.1 Å². The molecule has 1 saturated heterocycles. The predicted molar refractivity (Wildman–Crippen MR) is 87.3 cm³/mol. The van der Waals surface area contributed by atoms with Gasteiger partial charge in [0.2, 0.25) is 10.0 Å². The summed E-state index contributed by atoms with van der Waals surface area (Å²) in [5.74, 6) is 1.20. The molecule has 8 heteroatoms. The molecule has 24 heavy (non-hydrogen) atoms. The van der Waals surface area contributed by atoms with E-state index < -0.39 is 10.0 Å². The highest BCUT2D eigenvalue weighted by Gasteiger charge is 2.33. The molecule has 132 valence electrons. The van der Waals surface area contributed by atoms with Gasteiger partial charge in [-0.15, -0.1) is 0 Å². The minimum Gasteiger partial charge on any atom is -0.493 e. The van der Waals surface area contributed by atoms with Crippen molar-refractivity contribution in [2.75, 3.05) is 52.6 Å². The molecule has 7 nitrogen and oxygen atoms in total. The molecule has 1 N–H and O–H groups in total. The smallest absolute Gasteiger partial charge is 0.244 e. The van der Waals surface area contributed by atoms with Crippen molar-refractivity contribution in [2.24, 2.45) is 0 Å².